The van der Waals surface area contributed by atoms with E-state index in [1.54, 1.807) is 7.11 Å². The summed E-state index contributed by atoms with van der Waals surface area (Å²) in [4.78, 5) is 2.56. The molecule has 0 radical (unpaired) electrons. The van der Waals surface area contributed by atoms with Crippen molar-refractivity contribution in [2.75, 3.05) is 44.9 Å². The van der Waals surface area contributed by atoms with Gasteiger partial charge in [0.15, 0.2) is 0 Å². The third-order valence-electron chi connectivity index (χ3n) is 2.18. The van der Waals surface area contributed by atoms with E-state index in [1.807, 2.05) is 0 Å². The molecule has 0 aliphatic carbocycles. The normalized spacial score (nSPS) is 19.8. The third-order valence-corrected chi connectivity index (χ3v) is 3.12. The number of nitrogens with zero attached hydrogens (tertiary/aromatic N) is 1. The van der Waals surface area contributed by atoms with Crippen molar-refractivity contribution in [1.29, 1.82) is 0 Å². The molecule has 3 heteroatoms. The number of thioether (sulfide) groups is 1. The van der Waals surface area contributed by atoms with Gasteiger partial charge in [0.1, 0.15) is 0 Å². The van der Waals surface area contributed by atoms with Crippen LogP contribution in [0.5, 0.6) is 0 Å². The summed E-state index contributed by atoms with van der Waals surface area (Å²) < 4.78 is 5.01. The molecule has 72 valence electrons. The summed E-state index contributed by atoms with van der Waals surface area (Å²) in [5, 5.41) is 0. The van der Waals surface area contributed by atoms with E-state index in [2.05, 4.69) is 16.7 Å². The number of hydrogen-bond donors (Lipinski definition) is 0. The van der Waals surface area contributed by atoms with Crippen LogP contribution in [0.3, 0.4) is 0 Å². The lowest BCUT2D eigenvalue weighted by atomic mass is 10.3. The fourth-order valence-electron chi connectivity index (χ4n) is 1.41. The van der Waals surface area contributed by atoms with Crippen molar-refractivity contribution in [3.63, 3.8) is 0 Å². The molecular weight excluding hydrogens is 170 g/mol. The van der Waals surface area contributed by atoms with E-state index < -0.39 is 0 Å². The molecule has 1 fully saturated rings. The Morgan fingerprint density at radius 2 is 2.00 bits per heavy atom. The molecule has 0 amide bonds. The van der Waals surface area contributed by atoms with Gasteiger partial charge in [-0.1, -0.05) is 0 Å². The Hall–Kier alpha value is 0.270. The van der Waals surface area contributed by atoms with Crippen molar-refractivity contribution in [1.82, 2.24) is 4.90 Å². The van der Waals surface area contributed by atoms with Crippen molar-refractivity contribution >= 4 is 11.8 Å². The van der Waals surface area contributed by atoms with E-state index in [1.165, 1.54) is 44.0 Å². The maximum atomic E-state index is 5.01. The number of rotatable bonds is 5. The van der Waals surface area contributed by atoms with E-state index >= 15 is 0 Å². The monoisotopic (exact) mass is 189 g/mol. The molecule has 1 aliphatic rings. The van der Waals surface area contributed by atoms with Gasteiger partial charge in [-0.15, -0.1) is 0 Å². The van der Waals surface area contributed by atoms with Crippen LogP contribution in [-0.4, -0.2) is 49.8 Å². The minimum atomic E-state index is 0.919. The quantitative estimate of drug-likeness (QED) is 0.608. The molecule has 1 rings (SSSR count). The SMILES string of the molecule is COCCCCN1CCSCC1. The van der Waals surface area contributed by atoms with E-state index in [-0.39, 0.29) is 0 Å². The first-order chi connectivity index (χ1) is 5.93. The number of ether oxygens (including phenoxy) is 1. The van der Waals surface area contributed by atoms with Crippen molar-refractivity contribution in [2.24, 2.45) is 0 Å². The fourth-order valence-corrected chi connectivity index (χ4v) is 2.39. The number of unbranched alkanes of at least 4 members (excludes halogenated alkanes) is 1. The molecule has 0 bridgehead atoms. The van der Waals surface area contributed by atoms with Gasteiger partial charge in [0, 0.05) is 38.3 Å². The van der Waals surface area contributed by atoms with Crippen molar-refractivity contribution < 1.29 is 4.74 Å². The van der Waals surface area contributed by atoms with E-state index in [4.69, 9.17) is 4.74 Å². The zero-order valence-corrected chi connectivity index (χ0v) is 8.74. The number of methoxy groups -OCH3 is 1. The molecule has 2 nitrogen and oxygen atoms in total. The Bertz CT molecular complexity index is 105. The Morgan fingerprint density at radius 3 is 2.67 bits per heavy atom. The van der Waals surface area contributed by atoms with Crippen LogP contribution in [0.15, 0.2) is 0 Å². The van der Waals surface area contributed by atoms with Crippen molar-refractivity contribution in [3.05, 3.63) is 0 Å². The molecule has 1 aliphatic heterocycles. The summed E-state index contributed by atoms with van der Waals surface area (Å²) in [5.41, 5.74) is 0. The smallest absolute Gasteiger partial charge is 0.0462 e. The molecule has 1 saturated heterocycles. The lowest BCUT2D eigenvalue weighted by Gasteiger charge is -2.25. The molecule has 12 heavy (non-hydrogen) atoms. The molecule has 0 unspecified atom stereocenters. The zero-order chi connectivity index (χ0) is 8.65. The number of hydrogen-bond acceptors (Lipinski definition) is 3. The van der Waals surface area contributed by atoms with Crippen molar-refractivity contribution in [3.8, 4) is 0 Å². The third kappa shape index (κ3) is 4.33. The van der Waals surface area contributed by atoms with Crippen LogP contribution < -0.4 is 0 Å². The van der Waals surface area contributed by atoms with Gasteiger partial charge >= 0.3 is 0 Å². The molecule has 0 spiro atoms. The van der Waals surface area contributed by atoms with Crippen LogP contribution in [-0.2, 0) is 4.74 Å². The zero-order valence-electron chi connectivity index (χ0n) is 7.92. The summed E-state index contributed by atoms with van der Waals surface area (Å²) >= 11 is 2.08. The van der Waals surface area contributed by atoms with Gasteiger partial charge in [-0.2, -0.15) is 11.8 Å². The van der Waals surface area contributed by atoms with Crippen LogP contribution in [0.2, 0.25) is 0 Å². The first kappa shape index (κ1) is 10.4. The molecule has 0 saturated carbocycles. The van der Waals surface area contributed by atoms with E-state index in [0.29, 0.717) is 0 Å². The van der Waals surface area contributed by atoms with Crippen LogP contribution >= 0.6 is 11.8 Å². The molecule has 0 N–H and O–H groups in total. The Labute approximate surface area is 79.6 Å². The summed E-state index contributed by atoms with van der Waals surface area (Å²) in [6.45, 7) is 4.77. The lowest BCUT2D eigenvalue weighted by molar-refractivity contribution is 0.185. The highest BCUT2D eigenvalue weighted by Gasteiger charge is 2.08. The molecule has 1 heterocycles. The summed E-state index contributed by atoms with van der Waals surface area (Å²) in [6, 6.07) is 0. The van der Waals surface area contributed by atoms with Gasteiger partial charge < -0.3 is 9.64 Å². The minimum Gasteiger partial charge on any atom is -0.385 e. The highest BCUT2D eigenvalue weighted by atomic mass is 32.2. The van der Waals surface area contributed by atoms with Crippen molar-refractivity contribution in [2.45, 2.75) is 12.8 Å². The van der Waals surface area contributed by atoms with Crippen LogP contribution in [0, 0.1) is 0 Å². The highest BCUT2D eigenvalue weighted by Crippen LogP contribution is 2.09. The van der Waals surface area contributed by atoms with Crippen LogP contribution in [0.4, 0.5) is 0 Å². The Morgan fingerprint density at radius 1 is 1.25 bits per heavy atom. The van der Waals surface area contributed by atoms with Crippen LogP contribution in [0.25, 0.3) is 0 Å². The second-order valence-electron chi connectivity index (χ2n) is 3.15. The van der Waals surface area contributed by atoms with E-state index in [9.17, 15) is 0 Å². The topological polar surface area (TPSA) is 12.5 Å². The summed E-state index contributed by atoms with van der Waals surface area (Å²) in [5.74, 6) is 2.65. The molecular formula is C9H19NOS. The summed E-state index contributed by atoms with van der Waals surface area (Å²) in [7, 11) is 1.78. The lowest BCUT2D eigenvalue weighted by Crippen LogP contribution is -2.33. The average molecular weight is 189 g/mol. The molecule has 0 aromatic carbocycles. The maximum absolute atomic E-state index is 5.01. The average Bonchev–Trinajstić information content (AvgIpc) is 2.14. The van der Waals surface area contributed by atoms with E-state index in [0.717, 1.165) is 6.61 Å². The molecule has 0 aromatic heterocycles. The van der Waals surface area contributed by atoms with Gasteiger partial charge in [0.25, 0.3) is 0 Å². The van der Waals surface area contributed by atoms with Gasteiger partial charge in [0.05, 0.1) is 0 Å². The van der Waals surface area contributed by atoms with Gasteiger partial charge in [-0.25, -0.2) is 0 Å². The second-order valence-corrected chi connectivity index (χ2v) is 4.38. The fraction of sp³-hybridized carbons (Fsp3) is 1.00. The second kappa shape index (κ2) is 6.75. The van der Waals surface area contributed by atoms with Crippen LogP contribution in [0.1, 0.15) is 12.8 Å². The minimum absolute atomic E-state index is 0.919. The summed E-state index contributed by atoms with van der Waals surface area (Å²) in [6.07, 6.45) is 2.50. The highest BCUT2D eigenvalue weighted by molar-refractivity contribution is 7.99. The Balaban J connectivity index is 1.91. The predicted molar refractivity (Wildman–Crippen MR) is 54.9 cm³/mol. The van der Waals surface area contributed by atoms with Gasteiger partial charge in [-0.05, 0) is 19.4 Å². The first-order valence-corrected chi connectivity index (χ1v) is 5.88. The predicted octanol–water partition coefficient (Wildman–Crippen LogP) is 1.46. The standard InChI is InChI=1S/C9H19NOS/c1-11-7-3-2-4-10-5-8-12-9-6-10/h2-9H2,1H3. The van der Waals surface area contributed by atoms with Gasteiger partial charge in [0.2, 0.25) is 0 Å². The molecule has 0 aromatic rings. The first-order valence-electron chi connectivity index (χ1n) is 4.72. The maximum Gasteiger partial charge on any atom is 0.0462 e. The van der Waals surface area contributed by atoms with Gasteiger partial charge in [-0.3, -0.25) is 0 Å². The molecule has 0 atom stereocenters. The largest absolute Gasteiger partial charge is 0.385 e. The Kier molecular flexibility index (Phi) is 5.82.